The lowest BCUT2D eigenvalue weighted by molar-refractivity contribution is -0.274. The first-order chi connectivity index (χ1) is 9.73. The van der Waals surface area contributed by atoms with Crippen LogP contribution in [0, 0.1) is 11.8 Å². The molecule has 2 unspecified atom stereocenters. The third kappa shape index (κ3) is 5.09. The minimum absolute atomic E-state index is 0.224. The van der Waals surface area contributed by atoms with E-state index in [1.807, 2.05) is 0 Å². The third-order valence-electron chi connectivity index (χ3n) is 3.71. The maximum Gasteiger partial charge on any atom is 0.573 e. The Morgan fingerprint density at radius 1 is 1.14 bits per heavy atom. The Hall–Kier alpha value is -0.910. The van der Waals surface area contributed by atoms with Crippen molar-refractivity contribution in [3.8, 4) is 5.75 Å². The second-order valence-electron chi connectivity index (χ2n) is 5.95. The highest BCUT2D eigenvalue weighted by Gasteiger charge is 2.32. The van der Waals surface area contributed by atoms with Gasteiger partial charge in [-0.3, -0.25) is 0 Å². The lowest BCUT2D eigenvalue weighted by Gasteiger charge is -2.32. The Morgan fingerprint density at radius 3 is 2.29 bits per heavy atom. The second-order valence-corrected chi connectivity index (χ2v) is 6.81. The molecule has 1 aromatic rings. The Kier molecular flexibility index (Phi) is 5.07. The van der Waals surface area contributed by atoms with E-state index in [-0.39, 0.29) is 5.75 Å². The van der Waals surface area contributed by atoms with Gasteiger partial charge < -0.3 is 10.1 Å². The predicted molar refractivity (Wildman–Crippen MR) is 80.4 cm³/mol. The molecule has 0 aliphatic heterocycles. The molecule has 1 saturated carbocycles. The van der Waals surface area contributed by atoms with Gasteiger partial charge in [-0.2, -0.15) is 0 Å². The summed E-state index contributed by atoms with van der Waals surface area (Å²) in [6.45, 7) is 4.47. The molecule has 0 spiro atoms. The lowest BCUT2D eigenvalue weighted by atomic mass is 9.80. The number of hydrogen-bond donors (Lipinski definition) is 1. The van der Waals surface area contributed by atoms with Gasteiger partial charge in [-0.15, -0.1) is 13.2 Å². The van der Waals surface area contributed by atoms with Crippen LogP contribution in [-0.4, -0.2) is 12.4 Å². The molecule has 6 heteroatoms. The number of ether oxygens (including phenoxy) is 1. The average Bonchev–Trinajstić information content (AvgIpc) is 2.30. The molecule has 0 saturated heterocycles. The van der Waals surface area contributed by atoms with Crippen molar-refractivity contribution < 1.29 is 17.9 Å². The van der Waals surface area contributed by atoms with Crippen LogP contribution in [0.3, 0.4) is 0 Å². The fourth-order valence-corrected chi connectivity index (χ4v) is 3.56. The number of hydrogen-bond acceptors (Lipinski definition) is 2. The van der Waals surface area contributed by atoms with Crippen molar-refractivity contribution in [3.05, 3.63) is 22.7 Å². The van der Waals surface area contributed by atoms with Crippen LogP contribution in [0.15, 0.2) is 22.7 Å². The van der Waals surface area contributed by atoms with E-state index in [2.05, 4.69) is 39.8 Å². The summed E-state index contributed by atoms with van der Waals surface area (Å²) in [7, 11) is 0. The Morgan fingerprint density at radius 2 is 1.76 bits per heavy atom. The van der Waals surface area contributed by atoms with Gasteiger partial charge in [0.05, 0.1) is 4.47 Å². The fourth-order valence-electron chi connectivity index (χ4n) is 3.10. The highest BCUT2D eigenvalue weighted by molar-refractivity contribution is 9.10. The molecular formula is C15H19BrF3NO. The zero-order chi connectivity index (χ0) is 15.6. The molecule has 2 rings (SSSR count). The van der Waals surface area contributed by atoms with Crippen LogP contribution < -0.4 is 10.1 Å². The molecular weight excluding hydrogens is 347 g/mol. The largest absolute Gasteiger partial charge is 0.573 e. The summed E-state index contributed by atoms with van der Waals surface area (Å²) >= 11 is 3.12. The molecule has 21 heavy (non-hydrogen) atoms. The van der Waals surface area contributed by atoms with Crippen LogP contribution in [0.2, 0.25) is 0 Å². The lowest BCUT2D eigenvalue weighted by Crippen LogP contribution is -2.30. The number of nitrogens with one attached hydrogen (secondary N) is 1. The van der Waals surface area contributed by atoms with Crippen molar-refractivity contribution in [3.63, 3.8) is 0 Å². The molecule has 1 aliphatic rings. The topological polar surface area (TPSA) is 21.3 Å². The SMILES string of the molecule is CC1CC(C)CC(Nc2ccc(OC(F)(F)F)c(Br)c2)C1. The summed E-state index contributed by atoms with van der Waals surface area (Å²) in [6, 6.07) is 4.95. The van der Waals surface area contributed by atoms with Crippen LogP contribution in [0.5, 0.6) is 5.75 Å². The van der Waals surface area contributed by atoms with Gasteiger partial charge in [0.2, 0.25) is 0 Å². The van der Waals surface area contributed by atoms with Gasteiger partial charge >= 0.3 is 6.36 Å². The normalized spacial score (nSPS) is 26.5. The van der Waals surface area contributed by atoms with Crippen molar-refractivity contribution in [2.75, 3.05) is 5.32 Å². The van der Waals surface area contributed by atoms with Crippen molar-refractivity contribution in [1.29, 1.82) is 0 Å². The molecule has 1 aromatic carbocycles. The molecule has 2 atom stereocenters. The van der Waals surface area contributed by atoms with Crippen LogP contribution in [0.25, 0.3) is 0 Å². The third-order valence-corrected chi connectivity index (χ3v) is 4.33. The van der Waals surface area contributed by atoms with Crippen molar-refractivity contribution in [1.82, 2.24) is 0 Å². The van der Waals surface area contributed by atoms with E-state index in [4.69, 9.17) is 0 Å². The van der Waals surface area contributed by atoms with Gasteiger partial charge in [-0.25, -0.2) is 0 Å². The monoisotopic (exact) mass is 365 g/mol. The fraction of sp³-hybridized carbons (Fsp3) is 0.600. The summed E-state index contributed by atoms with van der Waals surface area (Å²) in [5, 5.41) is 3.41. The standard InChI is InChI=1S/C15H19BrF3NO/c1-9-5-10(2)7-12(6-9)20-11-3-4-14(13(16)8-11)21-15(17,18)19/h3-4,8-10,12,20H,5-7H2,1-2H3. The minimum Gasteiger partial charge on any atom is -0.405 e. The van der Waals surface area contributed by atoms with Gasteiger partial charge in [0.1, 0.15) is 5.75 Å². The molecule has 1 N–H and O–H groups in total. The molecule has 0 heterocycles. The summed E-state index contributed by atoms with van der Waals surface area (Å²) in [5.74, 6) is 1.11. The molecule has 1 fully saturated rings. The van der Waals surface area contributed by atoms with Crippen molar-refractivity contribution >= 4 is 21.6 Å². The molecule has 0 aromatic heterocycles. The first-order valence-electron chi connectivity index (χ1n) is 7.05. The number of rotatable bonds is 3. The molecule has 1 aliphatic carbocycles. The Labute approximate surface area is 131 Å². The Bertz CT molecular complexity index is 482. The summed E-state index contributed by atoms with van der Waals surface area (Å²) in [5.41, 5.74) is 0.808. The van der Waals surface area contributed by atoms with Crippen molar-refractivity contribution in [2.24, 2.45) is 11.8 Å². The molecule has 118 valence electrons. The van der Waals surface area contributed by atoms with E-state index in [0.717, 1.165) is 18.5 Å². The number of halogens is 4. The van der Waals surface area contributed by atoms with E-state index in [1.54, 1.807) is 12.1 Å². The van der Waals surface area contributed by atoms with E-state index in [1.165, 1.54) is 12.5 Å². The molecule has 0 bridgehead atoms. The first kappa shape index (κ1) is 16.5. The van der Waals surface area contributed by atoms with E-state index in [0.29, 0.717) is 22.4 Å². The minimum atomic E-state index is -4.67. The molecule has 0 amide bonds. The maximum absolute atomic E-state index is 12.2. The average molecular weight is 366 g/mol. The van der Waals surface area contributed by atoms with Crippen LogP contribution >= 0.6 is 15.9 Å². The molecule has 0 radical (unpaired) electrons. The van der Waals surface area contributed by atoms with Gasteiger partial charge in [0.15, 0.2) is 0 Å². The van der Waals surface area contributed by atoms with E-state index >= 15 is 0 Å². The summed E-state index contributed by atoms with van der Waals surface area (Å²) in [4.78, 5) is 0. The zero-order valence-corrected chi connectivity index (χ0v) is 13.6. The number of anilines is 1. The van der Waals surface area contributed by atoms with Gasteiger partial charge in [0.25, 0.3) is 0 Å². The maximum atomic E-state index is 12.2. The van der Waals surface area contributed by atoms with Crippen molar-refractivity contribution in [2.45, 2.75) is 45.5 Å². The van der Waals surface area contributed by atoms with Crippen LogP contribution in [-0.2, 0) is 0 Å². The summed E-state index contributed by atoms with van der Waals surface area (Å²) < 4.78 is 40.9. The van der Waals surface area contributed by atoms with Gasteiger partial charge in [-0.05, 0) is 65.2 Å². The number of benzene rings is 1. The smallest absolute Gasteiger partial charge is 0.405 e. The van der Waals surface area contributed by atoms with E-state index in [9.17, 15) is 13.2 Å². The Balaban J connectivity index is 2.03. The van der Waals surface area contributed by atoms with Crippen LogP contribution in [0.4, 0.5) is 18.9 Å². The highest BCUT2D eigenvalue weighted by Crippen LogP contribution is 2.34. The predicted octanol–water partition coefficient (Wildman–Crippen LogP) is 5.58. The van der Waals surface area contributed by atoms with Gasteiger partial charge in [0, 0.05) is 11.7 Å². The first-order valence-corrected chi connectivity index (χ1v) is 7.84. The molecule has 2 nitrogen and oxygen atoms in total. The van der Waals surface area contributed by atoms with Crippen LogP contribution in [0.1, 0.15) is 33.1 Å². The summed E-state index contributed by atoms with van der Waals surface area (Å²) in [6.07, 6.45) is -1.27. The highest BCUT2D eigenvalue weighted by atomic mass is 79.9. The van der Waals surface area contributed by atoms with Gasteiger partial charge in [-0.1, -0.05) is 13.8 Å². The van der Waals surface area contributed by atoms with E-state index < -0.39 is 6.36 Å². The quantitative estimate of drug-likeness (QED) is 0.754. The second kappa shape index (κ2) is 6.46. The zero-order valence-electron chi connectivity index (χ0n) is 12.0. The number of alkyl halides is 3.